The van der Waals surface area contributed by atoms with Gasteiger partial charge in [-0.25, -0.2) is 0 Å². The van der Waals surface area contributed by atoms with Crippen LogP contribution in [0.3, 0.4) is 0 Å². The summed E-state index contributed by atoms with van der Waals surface area (Å²) in [6.45, 7) is 8.59. The Labute approximate surface area is 139 Å². The van der Waals surface area contributed by atoms with Gasteiger partial charge in [0, 0.05) is 5.69 Å². The molecule has 2 aromatic rings. The molecule has 0 bridgehead atoms. The third-order valence-corrected chi connectivity index (χ3v) is 3.98. The van der Waals surface area contributed by atoms with Crippen LogP contribution in [0.1, 0.15) is 49.4 Å². The molecule has 0 aliphatic carbocycles. The van der Waals surface area contributed by atoms with E-state index in [0.29, 0.717) is 11.0 Å². The van der Waals surface area contributed by atoms with Gasteiger partial charge in [0.1, 0.15) is 0 Å². The van der Waals surface area contributed by atoms with E-state index in [2.05, 4.69) is 86.9 Å². The number of benzene rings is 2. The summed E-state index contributed by atoms with van der Waals surface area (Å²) in [5, 5.41) is 7.21. The van der Waals surface area contributed by atoms with Crippen LogP contribution in [0.25, 0.3) is 0 Å². The number of hydrogen-bond acceptors (Lipinski definition) is 1. The monoisotopic (exact) mass is 312 g/mol. The summed E-state index contributed by atoms with van der Waals surface area (Å²) < 4.78 is 0. The fourth-order valence-electron chi connectivity index (χ4n) is 2.25. The molecule has 1 atom stereocenters. The van der Waals surface area contributed by atoms with Crippen LogP contribution in [0.2, 0.25) is 0 Å². The molecule has 0 aliphatic rings. The van der Waals surface area contributed by atoms with E-state index in [4.69, 9.17) is 12.2 Å². The second-order valence-electron chi connectivity index (χ2n) is 6.01. The van der Waals surface area contributed by atoms with E-state index < -0.39 is 0 Å². The maximum Gasteiger partial charge on any atom is 0.171 e. The van der Waals surface area contributed by atoms with Crippen LogP contribution in [0.5, 0.6) is 0 Å². The van der Waals surface area contributed by atoms with Crippen molar-refractivity contribution in [3.05, 3.63) is 65.2 Å². The lowest BCUT2D eigenvalue weighted by molar-refractivity contribution is 0.722. The maximum absolute atomic E-state index is 5.40. The van der Waals surface area contributed by atoms with Crippen LogP contribution in [0.4, 0.5) is 5.69 Å². The molecule has 0 aliphatic heterocycles. The van der Waals surface area contributed by atoms with Gasteiger partial charge >= 0.3 is 0 Å². The third kappa shape index (κ3) is 4.57. The largest absolute Gasteiger partial charge is 0.356 e. The first-order valence-corrected chi connectivity index (χ1v) is 8.10. The molecule has 2 rings (SSSR count). The predicted molar refractivity (Wildman–Crippen MR) is 99.5 cm³/mol. The van der Waals surface area contributed by atoms with Crippen molar-refractivity contribution in [2.24, 2.45) is 0 Å². The van der Waals surface area contributed by atoms with Crippen LogP contribution in [0.15, 0.2) is 48.5 Å². The molecule has 3 heteroatoms. The Kier molecular flexibility index (Phi) is 5.56. The highest BCUT2D eigenvalue weighted by atomic mass is 32.1. The molecule has 0 radical (unpaired) electrons. The Hall–Kier alpha value is -1.87. The summed E-state index contributed by atoms with van der Waals surface area (Å²) in [5.74, 6) is 0.542. The van der Waals surface area contributed by atoms with E-state index >= 15 is 0 Å². The Morgan fingerprint density at radius 3 is 1.95 bits per heavy atom. The van der Waals surface area contributed by atoms with Crippen LogP contribution >= 0.6 is 12.2 Å². The molecule has 0 spiro atoms. The molecular formula is C19H24N2S. The first-order chi connectivity index (χ1) is 10.5. The lowest BCUT2D eigenvalue weighted by Gasteiger charge is -2.18. The summed E-state index contributed by atoms with van der Waals surface area (Å²) in [6, 6.07) is 17.1. The highest BCUT2D eigenvalue weighted by molar-refractivity contribution is 7.80. The van der Waals surface area contributed by atoms with Crippen molar-refractivity contribution in [3.8, 4) is 0 Å². The van der Waals surface area contributed by atoms with Gasteiger partial charge in [0.2, 0.25) is 0 Å². The fourth-order valence-corrected chi connectivity index (χ4v) is 2.55. The summed E-state index contributed by atoms with van der Waals surface area (Å²) >= 11 is 5.40. The van der Waals surface area contributed by atoms with Gasteiger partial charge in [-0.3, -0.25) is 0 Å². The molecule has 0 fully saturated rings. The van der Waals surface area contributed by atoms with Gasteiger partial charge in [0.25, 0.3) is 0 Å². The zero-order valence-electron chi connectivity index (χ0n) is 13.7. The summed E-state index contributed by atoms with van der Waals surface area (Å²) in [6.07, 6.45) is 0. The molecule has 116 valence electrons. The van der Waals surface area contributed by atoms with Crippen molar-refractivity contribution in [1.82, 2.24) is 5.32 Å². The number of hydrogen-bond donors (Lipinski definition) is 2. The van der Waals surface area contributed by atoms with Crippen LogP contribution in [0, 0.1) is 6.92 Å². The van der Waals surface area contributed by atoms with Crippen molar-refractivity contribution in [1.29, 1.82) is 0 Å². The summed E-state index contributed by atoms with van der Waals surface area (Å²) in [4.78, 5) is 0. The first kappa shape index (κ1) is 16.5. The van der Waals surface area contributed by atoms with Crippen LogP contribution in [-0.2, 0) is 0 Å². The van der Waals surface area contributed by atoms with E-state index in [1.807, 2.05) is 0 Å². The fraction of sp³-hybridized carbons (Fsp3) is 0.316. The lowest BCUT2D eigenvalue weighted by atomic mass is 10.0. The zero-order chi connectivity index (χ0) is 16.1. The topological polar surface area (TPSA) is 24.1 Å². The minimum Gasteiger partial charge on any atom is -0.356 e. The number of aryl methyl sites for hydroxylation is 1. The molecule has 0 amide bonds. The molecule has 1 unspecified atom stereocenters. The Morgan fingerprint density at radius 2 is 1.41 bits per heavy atom. The zero-order valence-corrected chi connectivity index (χ0v) is 14.5. The molecule has 22 heavy (non-hydrogen) atoms. The second-order valence-corrected chi connectivity index (χ2v) is 6.42. The third-order valence-electron chi connectivity index (χ3n) is 3.76. The van der Waals surface area contributed by atoms with Gasteiger partial charge in [-0.15, -0.1) is 0 Å². The molecule has 0 saturated carbocycles. The predicted octanol–water partition coefficient (Wildman–Crippen LogP) is 5.17. The molecular weight excluding hydrogens is 288 g/mol. The van der Waals surface area contributed by atoms with E-state index in [1.165, 1.54) is 16.7 Å². The van der Waals surface area contributed by atoms with Gasteiger partial charge < -0.3 is 10.6 Å². The van der Waals surface area contributed by atoms with Gasteiger partial charge in [-0.1, -0.05) is 55.8 Å². The van der Waals surface area contributed by atoms with Crippen LogP contribution < -0.4 is 10.6 Å². The minimum absolute atomic E-state index is 0.176. The van der Waals surface area contributed by atoms with Crippen molar-refractivity contribution in [3.63, 3.8) is 0 Å². The van der Waals surface area contributed by atoms with E-state index in [1.54, 1.807) is 0 Å². The quantitative estimate of drug-likeness (QED) is 0.762. The van der Waals surface area contributed by atoms with Gasteiger partial charge in [0.05, 0.1) is 6.04 Å². The van der Waals surface area contributed by atoms with Crippen molar-refractivity contribution in [2.75, 3.05) is 5.32 Å². The molecule has 2 N–H and O–H groups in total. The lowest BCUT2D eigenvalue weighted by Crippen LogP contribution is -2.30. The first-order valence-electron chi connectivity index (χ1n) is 7.69. The Bertz CT molecular complexity index is 615. The number of nitrogens with one attached hydrogen (secondary N) is 2. The van der Waals surface area contributed by atoms with E-state index in [9.17, 15) is 0 Å². The Morgan fingerprint density at radius 1 is 0.864 bits per heavy atom. The second kappa shape index (κ2) is 7.41. The molecule has 2 aromatic carbocycles. The molecule has 0 aromatic heterocycles. The van der Waals surface area contributed by atoms with Crippen molar-refractivity contribution in [2.45, 2.75) is 39.7 Å². The maximum atomic E-state index is 5.40. The highest BCUT2D eigenvalue weighted by Crippen LogP contribution is 2.18. The molecule has 2 nitrogen and oxygen atoms in total. The van der Waals surface area contributed by atoms with Crippen molar-refractivity contribution < 1.29 is 0 Å². The standard InChI is InChI=1S/C19H24N2S/c1-13(2)16-9-11-18(12-10-16)21-19(22)20-15(4)17-7-5-14(3)6-8-17/h5-13,15H,1-4H3,(H2,20,21,22). The summed E-state index contributed by atoms with van der Waals surface area (Å²) in [7, 11) is 0. The number of thiocarbonyl (C=S) groups is 1. The van der Waals surface area contributed by atoms with Crippen LogP contribution in [-0.4, -0.2) is 5.11 Å². The average molecular weight is 312 g/mol. The minimum atomic E-state index is 0.176. The number of anilines is 1. The smallest absolute Gasteiger partial charge is 0.171 e. The summed E-state index contributed by atoms with van der Waals surface area (Å²) in [5.41, 5.74) is 4.84. The molecule has 0 saturated heterocycles. The Balaban J connectivity index is 1.93. The van der Waals surface area contributed by atoms with Gasteiger partial charge in [-0.05, 0) is 55.2 Å². The van der Waals surface area contributed by atoms with E-state index in [-0.39, 0.29) is 6.04 Å². The normalized spacial score (nSPS) is 12.0. The molecule has 0 heterocycles. The number of rotatable bonds is 4. The SMILES string of the molecule is Cc1ccc(C(C)NC(=S)Nc2ccc(C(C)C)cc2)cc1. The average Bonchev–Trinajstić information content (AvgIpc) is 2.48. The highest BCUT2D eigenvalue weighted by Gasteiger charge is 2.07. The van der Waals surface area contributed by atoms with E-state index in [0.717, 1.165) is 5.69 Å². The van der Waals surface area contributed by atoms with Gasteiger partial charge in [-0.2, -0.15) is 0 Å². The van der Waals surface area contributed by atoms with Crippen molar-refractivity contribution >= 4 is 23.0 Å². The van der Waals surface area contributed by atoms with Gasteiger partial charge in [0.15, 0.2) is 5.11 Å².